The summed E-state index contributed by atoms with van der Waals surface area (Å²) in [7, 11) is 0. The second-order valence-corrected chi connectivity index (χ2v) is 3.60. The number of hydrogen-bond acceptors (Lipinski definition) is 4. The monoisotopic (exact) mass is 208 g/mol. The van der Waals surface area contributed by atoms with Gasteiger partial charge in [0.15, 0.2) is 0 Å². The normalized spacial score (nSPS) is 15.8. The average Bonchev–Trinajstić information content (AvgIpc) is 2.13. The van der Waals surface area contributed by atoms with E-state index < -0.39 is 0 Å². The van der Waals surface area contributed by atoms with E-state index in [1.165, 1.54) is 6.07 Å². The number of rotatable bonds is 3. The van der Waals surface area contributed by atoms with Gasteiger partial charge in [-0.25, -0.2) is 0 Å². The summed E-state index contributed by atoms with van der Waals surface area (Å²) < 4.78 is 5.53. The van der Waals surface area contributed by atoms with Gasteiger partial charge in [0.05, 0.1) is 11.0 Å². The van der Waals surface area contributed by atoms with E-state index in [0.29, 0.717) is 11.3 Å². The molecule has 1 aliphatic rings. The van der Waals surface area contributed by atoms with Gasteiger partial charge in [0.1, 0.15) is 11.9 Å². The van der Waals surface area contributed by atoms with Gasteiger partial charge in [-0.05, 0) is 19.1 Å². The molecule has 0 aromatic heterocycles. The molecule has 1 N–H and O–H groups in total. The molecule has 0 unspecified atom stereocenters. The van der Waals surface area contributed by atoms with Gasteiger partial charge in [0.2, 0.25) is 0 Å². The fourth-order valence-corrected chi connectivity index (χ4v) is 1.40. The fourth-order valence-electron chi connectivity index (χ4n) is 1.40. The van der Waals surface area contributed by atoms with Crippen LogP contribution in [0.2, 0.25) is 0 Å². The summed E-state index contributed by atoms with van der Waals surface area (Å²) in [5.41, 5.74) is 0.763. The Bertz CT molecular complexity index is 388. The Labute approximate surface area is 87.2 Å². The standard InChI is InChI=1S/C10H12N2O3/c1-7-2-3-8(4-10(7)12(13)14)15-9-5-11-6-9/h2-4,9,11H,5-6H2,1H3. The highest BCUT2D eigenvalue weighted by molar-refractivity contribution is 5.45. The fraction of sp³-hybridized carbons (Fsp3) is 0.400. The zero-order valence-electron chi connectivity index (χ0n) is 8.40. The summed E-state index contributed by atoms with van der Waals surface area (Å²) in [6.45, 7) is 3.33. The molecule has 0 atom stereocenters. The Balaban J connectivity index is 2.17. The van der Waals surface area contributed by atoms with Gasteiger partial charge in [0, 0.05) is 18.7 Å². The molecule has 0 amide bonds. The van der Waals surface area contributed by atoms with Gasteiger partial charge < -0.3 is 10.1 Å². The van der Waals surface area contributed by atoms with Crippen LogP contribution in [0.5, 0.6) is 5.75 Å². The van der Waals surface area contributed by atoms with Crippen molar-refractivity contribution in [2.45, 2.75) is 13.0 Å². The molecule has 1 aliphatic heterocycles. The van der Waals surface area contributed by atoms with Crippen LogP contribution in [0.1, 0.15) is 5.56 Å². The molecule has 0 bridgehead atoms. The SMILES string of the molecule is Cc1ccc(OC2CNC2)cc1[N+](=O)[O-]. The summed E-state index contributed by atoms with van der Waals surface area (Å²) in [6.07, 6.45) is 0.146. The van der Waals surface area contributed by atoms with Crippen molar-refractivity contribution < 1.29 is 9.66 Å². The molecule has 2 rings (SSSR count). The van der Waals surface area contributed by atoms with E-state index in [1.807, 2.05) is 0 Å². The number of aryl methyl sites for hydroxylation is 1. The Morgan fingerprint density at radius 1 is 1.53 bits per heavy atom. The van der Waals surface area contributed by atoms with Crippen LogP contribution in [0.25, 0.3) is 0 Å². The van der Waals surface area contributed by atoms with Crippen molar-refractivity contribution in [3.63, 3.8) is 0 Å². The first-order valence-electron chi connectivity index (χ1n) is 4.79. The lowest BCUT2D eigenvalue weighted by Crippen LogP contribution is -2.50. The Hall–Kier alpha value is -1.62. The van der Waals surface area contributed by atoms with Crippen LogP contribution in [0.15, 0.2) is 18.2 Å². The molecule has 80 valence electrons. The predicted molar refractivity (Wildman–Crippen MR) is 55.1 cm³/mol. The number of nitro groups is 1. The molecule has 0 radical (unpaired) electrons. The summed E-state index contributed by atoms with van der Waals surface area (Å²) in [5, 5.41) is 13.8. The van der Waals surface area contributed by atoms with E-state index in [0.717, 1.165) is 13.1 Å². The van der Waals surface area contributed by atoms with E-state index in [-0.39, 0.29) is 16.7 Å². The van der Waals surface area contributed by atoms with Crippen molar-refractivity contribution in [1.82, 2.24) is 5.32 Å². The largest absolute Gasteiger partial charge is 0.488 e. The maximum absolute atomic E-state index is 10.7. The maximum Gasteiger partial charge on any atom is 0.276 e. The molecule has 5 heteroatoms. The summed E-state index contributed by atoms with van der Waals surface area (Å²) in [6, 6.07) is 4.95. The highest BCUT2D eigenvalue weighted by atomic mass is 16.6. The van der Waals surface area contributed by atoms with Crippen molar-refractivity contribution in [2.75, 3.05) is 13.1 Å². The van der Waals surface area contributed by atoms with Gasteiger partial charge in [-0.2, -0.15) is 0 Å². The first-order chi connectivity index (χ1) is 7.16. The number of ether oxygens (including phenoxy) is 1. The van der Waals surface area contributed by atoms with Gasteiger partial charge in [-0.1, -0.05) is 0 Å². The third-order valence-electron chi connectivity index (χ3n) is 2.42. The minimum absolute atomic E-state index is 0.111. The van der Waals surface area contributed by atoms with Crippen LogP contribution >= 0.6 is 0 Å². The molecular formula is C10H12N2O3. The number of nitrogens with one attached hydrogen (secondary N) is 1. The topological polar surface area (TPSA) is 64.4 Å². The van der Waals surface area contributed by atoms with Crippen LogP contribution in [-0.4, -0.2) is 24.1 Å². The molecule has 0 aliphatic carbocycles. The molecule has 1 aromatic carbocycles. The zero-order chi connectivity index (χ0) is 10.8. The van der Waals surface area contributed by atoms with E-state index in [2.05, 4.69) is 5.32 Å². The van der Waals surface area contributed by atoms with Crippen molar-refractivity contribution in [2.24, 2.45) is 0 Å². The maximum atomic E-state index is 10.7. The summed E-state index contributed by atoms with van der Waals surface area (Å²) >= 11 is 0. The molecule has 0 spiro atoms. The van der Waals surface area contributed by atoms with Crippen LogP contribution in [0.3, 0.4) is 0 Å². The second-order valence-electron chi connectivity index (χ2n) is 3.60. The van der Waals surface area contributed by atoms with Crippen molar-refractivity contribution in [3.8, 4) is 5.75 Å². The minimum atomic E-state index is -0.388. The smallest absolute Gasteiger partial charge is 0.276 e. The predicted octanol–water partition coefficient (Wildman–Crippen LogP) is 1.25. The quantitative estimate of drug-likeness (QED) is 0.599. The highest BCUT2D eigenvalue weighted by Gasteiger charge is 2.19. The Kier molecular flexibility index (Phi) is 2.55. The van der Waals surface area contributed by atoms with Crippen LogP contribution in [0.4, 0.5) is 5.69 Å². The van der Waals surface area contributed by atoms with Crippen molar-refractivity contribution in [3.05, 3.63) is 33.9 Å². The lowest BCUT2D eigenvalue weighted by molar-refractivity contribution is -0.385. The molecule has 1 heterocycles. The Morgan fingerprint density at radius 2 is 2.27 bits per heavy atom. The van der Waals surface area contributed by atoms with Crippen LogP contribution in [0, 0.1) is 17.0 Å². The van der Waals surface area contributed by atoms with Crippen LogP contribution < -0.4 is 10.1 Å². The minimum Gasteiger partial charge on any atom is -0.488 e. The lowest BCUT2D eigenvalue weighted by Gasteiger charge is -2.27. The van der Waals surface area contributed by atoms with Crippen LogP contribution in [-0.2, 0) is 0 Å². The van der Waals surface area contributed by atoms with E-state index in [9.17, 15) is 10.1 Å². The summed E-state index contributed by atoms with van der Waals surface area (Å²) in [4.78, 5) is 10.3. The van der Waals surface area contributed by atoms with Crippen molar-refractivity contribution in [1.29, 1.82) is 0 Å². The van der Waals surface area contributed by atoms with Crippen molar-refractivity contribution >= 4 is 5.69 Å². The Morgan fingerprint density at radius 3 is 2.80 bits per heavy atom. The van der Waals surface area contributed by atoms with Gasteiger partial charge in [0.25, 0.3) is 5.69 Å². The molecular weight excluding hydrogens is 196 g/mol. The average molecular weight is 208 g/mol. The second kappa shape index (κ2) is 3.86. The van der Waals surface area contributed by atoms with E-state index >= 15 is 0 Å². The number of hydrogen-bond donors (Lipinski definition) is 1. The lowest BCUT2D eigenvalue weighted by atomic mass is 10.2. The van der Waals surface area contributed by atoms with E-state index in [4.69, 9.17) is 4.74 Å². The van der Waals surface area contributed by atoms with Gasteiger partial charge in [-0.3, -0.25) is 10.1 Å². The van der Waals surface area contributed by atoms with Gasteiger partial charge >= 0.3 is 0 Å². The zero-order valence-corrected chi connectivity index (χ0v) is 8.40. The number of benzene rings is 1. The molecule has 5 nitrogen and oxygen atoms in total. The number of nitro benzene ring substituents is 1. The molecule has 1 aromatic rings. The van der Waals surface area contributed by atoms with E-state index in [1.54, 1.807) is 19.1 Å². The molecule has 1 saturated heterocycles. The molecule has 15 heavy (non-hydrogen) atoms. The molecule has 1 fully saturated rings. The third kappa shape index (κ3) is 2.07. The van der Waals surface area contributed by atoms with Gasteiger partial charge in [-0.15, -0.1) is 0 Å². The first-order valence-corrected chi connectivity index (χ1v) is 4.79. The first kappa shape index (κ1) is 9.92. The third-order valence-corrected chi connectivity index (χ3v) is 2.42. The highest BCUT2D eigenvalue weighted by Crippen LogP contribution is 2.24. The number of nitrogens with zero attached hydrogens (tertiary/aromatic N) is 1. The summed E-state index contributed by atoms with van der Waals surface area (Å²) in [5.74, 6) is 0.568. The molecule has 0 saturated carbocycles.